The summed E-state index contributed by atoms with van der Waals surface area (Å²) < 4.78 is 0. The molecule has 78 valence electrons. The molecule has 0 spiro atoms. The number of rotatable bonds is 4. The summed E-state index contributed by atoms with van der Waals surface area (Å²) in [6.07, 6.45) is 6.06. The third-order valence-electron chi connectivity index (χ3n) is 3.15. The van der Waals surface area contributed by atoms with Gasteiger partial charge in [0.15, 0.2) is 0 Å². The first-order valence-corrected chi connectivity index (χ1v) is 5.35. The van der Waals surface area contributed by atoms with Gasteiger partial charge < -0.3 is 16.2 Å². The maximum atomic E-state index is 9.68. The van der Waals surface area contributed by atoms with Crippen molar-refractivity contribution in [2.24, 2.45) is 11.7 Å². The molecule has 0 heterocycles. The Labute approximate surface area is 80.7 Å². The van der Waals surface area contributed by atoms with Crippen molar-refractivity contribution in [2.45, 2.75) is 44.2 Å². The lowest BCUT2D eigenvalue weighted by Gasteiger charge is -2.32. The van der Waals surface area contributed by atoms with Gasteiger partial charge in [-0.05, 0) is 25.8 Å². The smallest absolute Gasteiger partial charge is 0.0817 e. The lowest BCUT2D eigenvalue weighted by atomic mass is 9.82. The molecule has 4 N–H and O–H groups in total. The topological polar surface area (TPSA) is 58.3 Å². The highest BCUT2D eigenvalue weighted by molar-refractivity contribution is 4.84. The van der Waals surface area contributed by atoms with Crippen LogP contribution in [0.4, 0.5) is 0 Å². The van der Waals surface area contributed by atoms with E-state index in [1.165, 1.54) is 32.1 Å². The SMILES string of the molecule is CNC(C(O)CN)C1CCCCC1. The molecule has 1 aliphatic carbocycles. The molecule has 0 aromatic rings. The third-order valence-corrected chi connectivity index (χ3v) is 3.15. The van der Waals surface area contributed by atoms with E-state index < -0.39 is 0 Å². The normalized spacial score (nSPS) is 24.2. The van der Waals surface area contributed by atoms with E-state index >= 15 is 0 Å². The first kappa shape index (κ1) is 11.0. The Morgan fingerprint density at radius 3 is 2.46 bits per heavy atom. The zero-order chi connectivity index (χ0) is 9.68. The monoisotopic (exact) mass is 186 g/mol. The molecular weight excluding hydrogens is 164 g/mol. The highest BCUT2D eigenvalue weighted by Gasteiger charge is 2.27. The summed E-state index contributed by atoms with van der Waals surface area (Å²) in [5.74, 6) is 0.622. The number of nitrogens with one attached hydrogen (secondary N) is 1. The molecule has 0 saturated heterocycles. The second-order valence-corrected chi connectivity index (χ2v) is 4.02. The molecule has 1 aliphatic rings. The minimum Gasteiger partial charge on any atom is -0.390 e. The van der Waals surface area contributed by atoms with Gasteiger partial charge in [0.05, 0.1) is 6.10 Å². The second-order valence-electron chi connectivity index (χ2n) is 4.02. The van der Waals surface area contributed by atoms with Gasteiger partial charge in [-0.15, -0.1) is 0 Å². The standard InChI is InChI=1S/C10H22N2O/c1-12-10(9(13)7-11)8-5-3-2-4-6-8/h8-10,12-13H,2-7,11H2,1H3. The Hall–Kier alpha value is -0.120. The predicted octanol–water partition coefficient (Wildman–Crippen LogP) is 0.474. The molecule has 0 aromatic heterocycles. The molecule has 0 bridgehead atoms. The average Bonchev–Trinajstić information content (AvgIpc) is 2.20. The van der Waals surface area contributed by atoms with E-state index in [-0.39, 0.29) is 12.1 Å². The second kappa shape index (κ2) is 5.58. The number of aliphatic hydroxyl groups excluding tert-OH is 1. The Bertz CT molecular complexity index is 135. The van der Waals surface area contributed by atoms with Crippen LogP contribution in [0.15, 0.2) is 0 Å². The minimum absolute atomic E-state index is 0.199. The van der Waals surface area contributed by atoms with Gasteiger partial charge in [-0.1, -0.05) is 19.3 Å². The molecule has 2 atom stereocenters. The highest BCUT2D eigenvalue weighted by Crippen LogP contribution is 2.27. The molecule has 1 saturated carbocycles. The summed E-state index contributed by atoms with van der Waals surface area (Å²) in [5, 5.41) is 12.9. The predicted molar refractivity (Wildman–Crippen MR) is 54.5 cm³/mol. The summed E-state index contributed by atoms with van der Waals surface area (Å²) in [6, 6.07) is 0.199. The molecule has 13 heavy (non-hydrogen) atoms. The number of likely N-dealkylation sites (N-methyl/N-ethyl adjacent to an activating group) is 1. The Morgan fingerprint density at radius 1 is 1.38 bits per heavy atom. The van der Waals surface area contributed by atoms with Crippen molar-refractivity contribution in [1.29, 1.82) is 0 Å². The molecule has 0 aromatic carbocycles. The molecule has 1 fully saturated rings. The number of nitrogens with two attached hydrogens (primary N) is 1. The van der Waals surface area contributed by atoms with Crippen LogP contribution in [0, 0.1) is 5.92 Å². The summed E-state index contributed by atoms with van der Waals surface area (Å²) in [5.41, 5.74) is 5.47. The molecule has 0 aliphatic heterocycles. The summed E-state index contributed by atoms with van der Waals surface area (Å²) in [6.45, 7) is 0.363. The number of aliphatic hydroxyl groups is 1. The maximum Gasteiger partial charge on any atom is 0.0817 e. The molecule has 2 unspecified atom stereocenters. The van der Waals surface area contributed by atoms with Crippen LogP contribution in [0.25, 0.3) is 0 Å². The largest absolute Gasteiger partial charge is 0.390 e. The van der Waals surface area contributed by atoms with Crippen LogP contribution in [-0.4, -0.2) is 30.8 Å². The van der Waals surface area contributed by atoms with Gasteiger partial charge in [-0.3, -0.25) is 0 Å². The van der Waals surface area contributed by atoms with Crippen LogP contribution in [-0.2, 0) is 0 Å². The van der Waals surface area contributed by atoms with Gasteiger partial charge in [-0.2, -0.15) is 0 Å². The zero-order valence-corrected chi connectivity index (χ0v) is 8.50. The molecule has 0 amide bonds. The quantitative estimate of drug-likeness (QED) is 0.598. The van der Waals surface area contributed by atoms with Crippen molar-refractivity contribution in [1.82, 2.24) is 5.32 Å². The van der Waals surface area contributed by atoms with E-state index in [0.717, 1.165) is 0 Å². The Kier molecular flexibility index (Phi) is 4.70. The van der Waals surface area contributed by atoms with Crippen LogP contribution in [0.3, 0.4) is 0 Å². The summed E-state index contributed by atoms with van der Waals surface area (Å²) >= 11 is 0. The Morgan fingerprint density at radius 2 is 2.00 bits per heavy atom. The van der Waals surface area contributed by atoms with Crippen molar-refractivity contribution in [3.63, 3.8) is 0 Å². The van der Waals surface area contributed by atoms with Gasteiger partial charge >= 0.3 is 0 Å². The highest BCUT2D eigenvalue weighted by atomic mass is 16.3. The fourth-order valence-electron chi connectivity index (χ4n) is 2.38. The van der Waals surface area contributed by atoms with Gasteiger partial charge in [-0.25, -0.2) is 0 Å². The van der Waals surface area contributed by atoms with E-state index in [9.17, 15) is 5.11 Å². The van der Waals surface area contributed by atoms with E-state index in [2.05, 4.69) is 5.32 Å². The lowest BCUT2D eigenvalue weighted by Crippen LogP contribution is -2.47. The van der Waals surface area contributed by atoms with Crippen molar-refractivity contribution in [2.75, 3.05) is 13.6 Å². The van der Waals surface area contributed by atoms with Crippen molar-refractivity contribution in [3.05, 3.63) is 0 Å². The van der Waals surface area contributed by atoms with Crippen LogP contribution in [0.5, 0.6) is 0 Å². The van der Waals surface area contributed by atoms with E-state index in [4.69, 9.17) is 5.73 Å². The fourth-order valence-corrected chi connectivity index (χ4v) is 2.38. The molecule has 3 nitrogen and oxygen atoms in total. The van der Waals surface area contributed by atoms with Crippen LogP contribution >= 0.6 is 0 Å². The summed E-state index contributed by atoms with van der Waals surface area (Å²) in [7, 11) is 1.91. The van der Waals surface area contributed by atoms with Gasteiger partial charge in [0.25, 0.3) is 0 Å². The van der Waals surface area contributed by atoms with Crippen LogP contribution in [0.2, 0.25) is 0 Å². The van der Waals surface area contributed by atoms with Gasteiger partial charge in [0.1, 0.15) is 0 Å². The number of hydrogen-bond acceptors (Lipinski definition) is 3. The van der Waals surface area contributed by atoms with E-state index in [1.807, 2.05) is 7.05 Å². The van der Waals surface area contributed by atoms with Crippen molar-refractivity contribution < 1.29 is 5.11 Å². The van der Waals surface area contributed by atoms with E-state index in [0.29, 0.717) is 12.5 Å². The third kappa shape index (κ3) is 2.93. The first-order valence-electron chi connectivity index (χ1n) is 5.35. The first-order chi connectivity index (χ1) is 6.29. The molecule has 3 heteroatoms. The zero-order valence-electron chi connectivity index (χ0n) is 8.50. The fraction of sp³-hybridized carbons (Fsp3) is 1.00. The minimum atomic E-state index is -0.381. The van der Waals surface area contributed by atoms with Crippen LogP contribution in [0.1, 0.15) is 32.1 Å². The maximum absolute atomic E-state index is 9.68. The molecular formula is C10H22N2O. The molecule has 0 radical (unpaired) electrons. The van der Waals surface area contributed by atoms with Crippen molar-refractivity contribution >= 4 is 0 Å². The van der Waals surface area contributed by atoms with Crippen molar-refractivity contribution in [3.8, 4) is 0 Å². The Balaban J connectivity index is 2.43. The van der Waals surface area contributed by atoms with Crippen LogP contribution < -0.4 is 11.1 Å². The molecule has 1 rings (SSSR count). The average molecular weight is 186 g/mol. The van der Waals surface area contributed by atoms with E-state index in [1.54, 1.807) is 0 Å². The van der Waals surface area contributed by atoms with Gasteiger partial charge in [0, 0.05) is 12.6 Å². The number of hydrogen-bond donors (Lipinski definition) is 3. The summed E-state index contributed by atoms with van der Waals surface area (Å²) in [4.78, 5) is 0. The van der Waals surface area contributed by atoms with Gasteiger partial charge in [0.2, 0.25) is 0 Å². The lowest BCUT2D eigenvalue weighted by molar-refractivity contribution is 0.0941.